The Morgan fingerprint density at radius 3 is 2.23 bits per heavy atom. The topological polar surface area (TPSA) is 72.9 Å². The molecule has 0 aliphatic heterocycles. The molecule has 0 fully saturated rings. The summed E-state index contributed by atoms with van der Waals surface area (Å²) >= 11 is 0. The lowest BCUT2D eigenvalue weighted by Crippen LogP contribution is -2.31. The minimum absolute atomic E-state index is 0.0904. The van der Waals surface area contributed by atoms with E-state index in [1.165, 1.54) is 41.8 Å². The summed E-state index contributed by atoms with van der Waals surface area (Å²) in [4.78, 5) is 11.9. The number of rotatable bonds is 8. The van der Waals surface area contributed by atoms with E-state index in [0.717, 1.165) is 0 Å². The van der Waals surface area contributed by atoms with Gasteiger partial charge in [-0.1, -0.05) is 6.08 Å². The maximum absolute atomic E-state index is 13.0. The molecule has 0 aliphatic carbocycles. The van der Waals surface area contributed by atoms with Crippen LogP contribution in [0.25, 0.3) is 0 Å². The first-order valence-electron chi connectivity index (χ1n) is 7.99. The number of carbonyl (C=O) groups is 1. The molecule has 0 unspecified atom stereocenters. The van der Waals surface area contributed by atoms with E-state index in [4.69, 9.17) is 9.47 Å². The van der Waals surface area contributed by atoms with E-state index in [0.29, 0.717) is 17.0 Å². The van der Waals surface area contributed by atoms with Crippen LogP contribution in [0.4, 0.5) is 5.69 Å². The van der Waals surface area contributed by atoms with E-state index in [1.54, 1.807) is 31.2 Å². The zero-order chi connectivity index (χ0) is 19.2. The molecule has 138 valence electrons. The molecule has 0 aliphatic rings. The number of carbonyl (C=O) groups excluding carboxylic acids is 1. The molecular formula is C19H21NO5S. The SMILES string of the molecule is C=CCN(c1ccc(C(=O)OCC)cc1)S(=O)(=O)c1ccc(OC)cc1. The van der Waals surface area contributed by atoms with Crippen LogP contribution < -0.4 is 9.04 Å². The van der Waals surface area contributed by atoms with E-state index < -0.39 is 16.0 Å². The maximum Gasteiger partial charge on any atom is 0.338 e. The van der Waals surface area contributed by atoms with E-state index in [-0.39, 0.29) is 18.0 Å². The van der Waals surface area contributed by atoms with Crippen molar-refractivity contribution in [1.29, 1.82) is 0 Å². The molecule has 0 amide bonds. The average molecular weight is 375 g/mol. The number of hydrogen-bond donors (Lipinski definition) is 0. The highest BCUT2D eigenvalue weighted by Gasteiger charge is 2.24. The second-order valence-electron chi connectivity index (χ2n) is 5.27. The minimum Gasteiger partial charge on any atom is -0.497 e. The molecule has 2 rings (SSSR count). The van der Waals surface area contributed by atoms with Crippen molar-refractivity contribution in [3.63, 3.8) is 0 Å². The summed E-state index contributed by atoms with van der Waals surface area (Å²) in [5.74, 6) is 0.116. The van der Waals surface area contributed by atoms with Crippen LogP contribution in [0.3, 0.4) is 0 Å². The van der Waals surface area contributed by atoms with Crippen molar-refractivity contribution < 1.29 is 22.7 Å². The van der Waals surface area contributed by atoms with E-state index in [1.807, 2.05) is 0 Å². The van der Waals surface area contributed by atoms with Gasteiger partial charge in [0.2, 0.25) is 0 Å². The number of anilines is 1. The molecular weight excluding hydrogens is 354 g/mol. The lowest BCUT2D eigenvalue weighted by Gasteiger charge is -2.23. The van der Waals surface area contributed by atoms with Gasteiger partial charge < -0.3 is 9.47 Å². The molecule has 0 saturated heterocycles. The van der Waals surface area contributed by atoms with Gasteiger partial charge in [-0.3, -0.25) is 4.31 Å². The Morgan fingerprint density at radius 1 is 1.12 bits per heavy atom. The average Bonchev–Trinajstić information content (AvgIpc) is 2.66. The van der Waals surface area contributed by atoms with Gasteiger partial charge in [0.25, 0.3) is 10.0 Å². The Balaban J connectivity index is 2.37. The molecule has 0 saturated carbocycles. The van der Waals surface area contributed by atoms with E-state index in [9.17, 15) is 13.2 Å². The maximum atomic E-state index is 13.0. The fourth-order valence-electron chi connectivity index (χ4n) is 2.31. The molecule has 7 heteroatoms. The molecule has 0 atom stereocenters. The molecule has 0 spiro atoms. The van der Waals surface area contributed by atoms with Crippen molar-refractivity contribution >= 4 is 21.7 Å². The smallest absolute Gasteiger partial charge is 0.338 e. The van der Waals surface area contributed by atoms with Crippen molar-refractivity contribution in [2.24, 2.45) is 0 Å². The molecule has 2 aromatic rings. The van der Waals surface area contributed by atoms with Crippen LogP contribution in [0.5, 0.6) is 5.75 Å². The number of sulfonamides is 1. The number of benzene rings is 2. The van der Waals surface area contributed by atoms with Crippen molar-refractivity contribution in [1.82, 2.24) is 0 Å². The van der Waals surface area contributed by atoms with Crippen molar-refractivity contribution in [3.8, 4) is 5.75 Å². The largest absolute Gasteiger partial charge is 0.497 e. The third-order valence-corrected chi connectivity index (χ3v) is 5.42. The van der Waals surface area contributed by atoms with Gasteiger partial charge in [-0.05, 0) is 55.5 Å². The molecule has 0 bridgehead atoms. The van der Waals surface area contributed by atoms with Gasteiger partial charge in [0.1, 0.15) is 5.75 Å². The first kappa shape index (κ1) is 19.5. The van der Waals surface area contributed by atoms with Gasteiger partial charge in [-0.15, -0.1) is 6.58 Å². The van der Waals surface area contributed by atoms with Gasteiger partial charge in [-0.2, -0.15) is 0 Å². The van der Waals surface area contributed by atoms with Gasteiger partial charge >= 0.3 is 5.97 Å². The van der Waals surface area contributed by atoms with Crippen molar-refractivity contribution in [2.75, 3.05) is 24.6 Å². The monoisotopic (exact) mass is 375 g/mol. The Morgan fingerprint density at radius 2 is 1.73 bits per heavy atom. The number of esters is 1. The molecule has 6 nitrogen and oxygen atoms in total. The zero-order valence-electron chi connectivity index (χ0n) is 14.7. The lowest BCUT2D eigenvalue weighted by atomic mass is 10.2. The van der Waals surface area contributed by atoms with E-state index >= 15 is 0 Å². The fourth-order valence-corrected chi connectivity index (χ4v) is 3.75. The van der Waals surface area contributed by atoms with Crippen LogP contribution in [-0.4, -0.2) is 34.6 Å². The Labute approximate surface area is 153 Å². The van der Waals surface area contributed by atoms with Crippen LogP contribution in [0, 0.1) is 0 Å². The van der Waals surface area contributed by atoms with Crippen LogP contribution in [0.1, 0.15) is 17.3 Å². The van der Waals surface area contributed by atoms with Crippen LogP contribution in [-0.2, 0) is 14.8 Å². The lowest BCUT2D eigenvalue weighted by molar-refractivity contribution is 0.0526. The number of methoxy groups -OCH3 is 1. The number of ether oxygens (including phenoxy) is 2. The van der Waals surface area contributed by atoms with Gasteiger partial charge in [-0.25, -0.2) is 13.2 Å². The third-order valence-electron chi connectivity index (χ3n) is 3.61. The quantitative estimate of drug-likeness (QED) is 0.523. The molecule has 0 heterocycles. The molecule has 0 aromatic heterocycles. The highest BCUT2D eigenvalue weighted by Crippen LogP contribution is 2.25. The number of nitrogens with zero attached hydrogens (tertiary/aromatic N) is 1. The first-order chi connectivity index (χ1) is 12.4. The summed E-state index contributed by atoms with van der Waals surface area (Å²) in [6.07, 6.45) is 1.50. The summed E-state index contributed by atoms with van der Waals surface area (Å²) < 4.78 is 37.2. The molecule has 0 radical (unpaired) electrons. The zero-order valence-corrected chi connectivity index (χ0v) is 15.5. The van der Waals surface area contributed by atoms with Crippen LogP contribution in [0.2, 0.25) is 0 Å². The predicted molar refractivity (Wildman–Crippen MR) is 100 cm³/mol. The van der Waals surface area contributed by atoms with Crippen LogP contribution >= 0.6 is 0 Å². The van der Waals surface area contributed by atoms with Crippen LogP contribution in [0.15, 0.2) is 66.1 Å². The Hall–Kier alpha value is -2.80. The Kier molecular flexibility index (Phi) is 6.41. The second kappa shape index (κ2) is 8.53. The molecule has 0 N–H and O–H groups in total. The molecule has 2 aromatic carbocycles. The van der Waals surface area contributed by atoms with Gasteiger partial charge in [0.05, 0.1) is 36.4 Å². The second-order valence-corrected chi connectivity index (χ2v) is 7.13. The first-order valence-corrected chi connectivity index (χ1v) is 9.43. The van der Waals surface area contributed by atoms with Crippen molar-refractivity contribution in [3.05, 3.63) is 66.7 Å². The number of hydrogen-bond acceptors (Lipinski definition) is 5. The Bertz CT molecular complexity index is 858. The summed E-state index contributed by atoms with van der Waals surface area (Å²) in [5, 5.41) is 0. The highest BCUT2D eigenvalue weighted by molar-refractivity contribution is 7.92. The molecule has 26 heavy (non-hydrogen) atoms. The summed E-state index contributed by atoms with van der Waals surface area (Å²) in [5.41, 5.74) is 0.782. The summed E-state index contributed by atoms with van der Waals surface area (Å²) in [6.45, 7) is 5.72. The third kappa shape index (κ3) is 4.23. The van der Waals surface area contributed by atoms with Gasteiger partial charge in [0.15, 0.2) is 0 Å². The van der Waals surface area contributed by atoms with Gasteiger partial charge in [0, 0.05) is 0 Å². The normalized spacial score (nSPS) is 10.8. The van der Waals surface area contributed by atoms with Crippen molar-refractivity contribution in [2.45, 2.75) is 11.8 Å². The highest BCUT2D eigenvalue weighted by atomic mass is 32.2. The van der Waals surface area contributed by atoms with E-state index in [2.05, 4.69) is 6.58 Å². The fraction of sp³-hybridized carbons (Fsp3) is 0.211. The minimum atomic E-state index is -3.79. The predicted octanol–water partition coefficient (Wildman–Crippen LogP) is 3.25. The summed E-state index contributed by atoms with van der Waals surface area (Å²) in [6, 6.07) is 12.3. The summed E-state index contributed by atoms with van der Waals surface area (Å²) in [7, 11) is -2.28. The standard InChI is InChI=1S/C19H21NO5S/c1-4-14-20(16-8-6-15(7-9-16)19(21)25-5-2)26(22,23)18-12-10-17(24-3)11-13-18/h4,6-13H,1,5,14H2,2-3H3.